The Kier molecular flexibility index (Phi) is 6.24. The first kappa shape index (κ1) is 17.7. The van der Waals surface area contributed by atoms with Gasteiger partial charge in [-0.15, -0.1) is 0 Å². The molecule has 1 atom stereocenters. The van der Waals surface area contributed by atoms with E-state index in [0.29, 0.717) is 12.5 Å². The van der Waals surface area contributed by atoms with Crippen molar-refractivity contribution in [3.63, 3.8) is 0 Å². The number of aliphatic hydroxyl groups excluding tert-OH is 1. The van der Waals surface area contributed by atoms with Crippen LogP contribution in [0, 0.1) is 10.8 Å². The Hall–Kier alpha value is -0.650. The molecular formula is C17H32N2O3. The normalized spacial score (nSPS) is 28.6. The summed E-state index contributed by atoms with van der Waals surface area (Å²) in [5.74, 6) is 0.290. The molecule has 0 bridgehead atoms. The van der Waals surface area contributed by atoms with Gasteiger partial charge in [-0.25, -0.2) is 0 Å². The maximum atomic E-state index is 13.0. The fourth-order valence-corrected chi connectivity index (χ4v) is 3.96. The summed E-state index contributed by atoms with van der Waals surface area (Å²) in [6, 6.07) is 0. The number of amides is 1. The lowest BCUT2D eigenvalue weighted by molar-refractivity contribution is -0.147. The van der Waals surface area contributed by atoms with Crippen LogP contribution in [-0.2, 0) is 9.53 Å². The molecule has 0 aromatic carbocycles. The fourth-order valence-electron chi connectivity index (χ4n) is 3.96. The largest absolute Gasteiger partial charge is 0.396 e. The van der Waals surface area contributed by atoms with Crippen LogP contribution in [0.3, 0.4) is 0 Å². The van der Waals surface area contributed by atoms with Crippen LogP contribution < -0.4 is 5.32 Å². The van der Waals surface area contributed by atoms with Gasteiger partial charge in [0, 0.05) is 37.6 Å². The van der Waals surface area contributed by atoms with Gasteiger partial charge < -0.3 is 20.1 Å². The second-order valence-electron chi connectivity index (χ2n) is 7.40. The van der Waals surface area contributed by atoms with Gasteiger partial charge in [0.1, 0.15) is 0 Å². The second kappa shape index (κ2) is 7.75. The summed E-state index contributed by atoms with van der Waals surface area (Å²) in [4.78, 5) is 15.0. The predicted octanol–water partition coefficient (Wildman–Crippen LogP) is 1.40. The number of rotatable bonds is 6. The van der Waals surface area contributed by atoms with Gasteiger partial charge in [-0.2, -0.15) is 0 Å². The smallest absolute Gasteiger partial charge is 0.228 e. The standard InChI is InChI=1S/C17H32N2O3/c1-16(7-9-18-10-8-16)15(21)19-11-3-5-17(13-19,14-20)6-4-12-22-2/h18,20H,3-14H2,1-2H3. The zero-order valence-electron chi connectivity index (χ0n) is 14.2. The molecule has 0 aromatic rings. The van der Waals surface area contributed by atoms with Crippen molar-refractivity contribution in [2.24, 2.45) is 10.8 Å². The molecule has 2 aliphatic rings. The van der Waals surface area contributed by atoms with Crippen LogP contribution in [0.4, 0.5) is 0 Å². The molecule has 0 spiro atoms. The molecule has 2 heterocycles. The Morgan fingerprint density at radius 2 is 2.05 bits per heavy atom. The van der Waals surface area contributed by atoms with Crippen molar-refractivity contribution in [2.75, 3.05) is 46.5 Å². The van der Waals surface area contributed by atoms with Gasteiger partial charge in [0.05, 0.1) is 6.61 Å². The lowest BCUT2D eigenvalue weighted by atomic mass is 9.74. The van der Waals surface area contributed by atoms with E-state index >= 15 is 0 Å². The summed E-state index contributed by atoms with van der Waals surface area (Å²) in [7, 11) is 1.71. The highest BCUT2D eigenvalue weighted by atomic mass is 16.5. The Bertz CT molecular complexity index is 369. The first-order valence-electron chi connectivity index (χ1n) is 8.65. The van der Waals surface area contributed by atoms with E-state index in [4.69, 9.17) is 4.74 Å². The van der Waals surface area contributed by atoms with E-state index in [9.17, 15) is 9.90 Å². The van der Waals surface area contributed by atoms with Crippen molar-refractivity contribution in [3.05, 3.63) is 0 Å². The lowest BCUT2D eigenvalue weighted by Gasteiger charge is -2.45. The number of piperidine rings is 2. The minimum Gasteiger partial charge on any atom is -0.396 e. The van der Waals surface area contributed by atoms with Crippen molar-refractivity contribution in [3.8, 4) is 0 Å². The van der Waals surface area contributed by atoms with Crippen molar-refractivity contribution in [2.45, 2.75) is 45.4 Å². The minimum atomic E-state index is -0.226. The number of methoxy groups -OCH3 is 1. The Labute approximate surface area is 134 Å². The Morgan fingerprint density at radius 3 is 2.68 bits per heavy atom. The van der Waals surface area contributed by atoms with Crippen LogP contribution in [0.1, 0.15) is 45.4 Å². The number of carbonyl (C=O) groups is 1. The van der Waals surface area contributed by atoms with Crippen molar-refractivity contribution < 1.29 is 14.6 Å². The minimum absolute atomic E-state index is 0.129. The molecule has 1 unspecified atom stereocenters. The highest BCUT2D eigenvalue weighted by Crippen LogP contribution is 2.38. The molecule has 0 aliphatic carbocycles. The number of likely N-dealkylation sites (tertiary alicyclic amines) is 1. The molecule has 5 heteroatoms. The number of aliphatic hydroxyl groups is 1. The summed E-state index contributed by atoms with van der Waals surface area (Å²) in [6.45, 7) is 6.39. The number of nitrogens with zero attached hydrogens (tertiary/aromatic N) is 1. The molecule has 0 saturated carbocycles. The molecule has 2 fully saturated rings. The summed E-state index contributed by atoms with van der Waals surface area (Å²) < 4.78 is 5.14. The molecule has 1 amide bonds. The number of carbonyl (C=O) groups excluding carboxylic acids is 1. The molecule has 2 rings (SSSR count). The molecule has 2 saturated heterocycles. The second-order valence-corrected chi connectivity index (χ2v) is 7.40. The van der Waals surface area contributed by atoms with Gasteiger partial charge in [-0.3, -0.25) is 4.79 Å². The highest BCUT2D eigenvalue weighted by Gasteiger charge is 2.42. The van der Waals surface area contributed by atoms with E-state index in [1.807, 2.05) is 4.90 Å². The van der Waals surface area contributed by atoms with Gasteiger partial charge in [0.25, 0.3) is 0 Å². The Morgan fingerprint density at radius 1 is 1.32 bits per heavy atom. The average Bonchev–Trinajstić information content (AvgIpc) is 2.55. The molecule has 5 nitrogen and oxygen atoms in total. The monoisotopic (exact) mass is 312 g/mol. The Balaban J connectivity index is 2.00. The fraction of sp³-hybridized carbons (Fsp3) is 0.941. The van der Waals surface area contributed by atoms with Crippen molar-refractivity contribution in [1.82, 2.24) is 10.2 Å². The van der Waals surface area contributed by atoms with E-state index in [1.165, 1.54) is 0 Å². The summed E-state index contributed by atoms with van der Waals surface area (Å²) >= 11 is 0. The van der Waals surface area contributed by atoms with E-state index < -0.39 is 0 Å². The van der Waals surface area contributed by atoms with E-state index in [0.717, 1.165) is 64.8 Å². The summed E-state index contributed by atoms with van der Waals surface area (Å²) in [5.41, 5.74) is -0.355. The van der Waals surface area contributed by atoms with Gasteiger partial charge in [-0.1, -0.05) is 6.92 Å². The van der Waals surface area contributed by atoms with Crippen LogP contribution >= 0.6 is 0 Å². The van der Waals surface area contributed by atoms with Gasteiger partial charge >= 0.3 is 0 Å². The number of ether oxygens (including phenoxy) is 1. The molecule has 0 aromatic heterocycles. The zero-order valence-corrected chi connectivity index (χ0v) is 14.2. The third-order valence-corrected chi connectivity index (χ3v) is 5.56. The van der Waals surface area contributed by atoms with Crippen LogP contribution in [0.15, 0.2) is 0 Å². The van der Waals surface area contributed by atoms with Crippen LogP contribution in [0.2, 0.25) is 0 Å². The molecule has 22 heavy (non-hydrogen) atoms. The van der Waals surface area contributed by atoms with Crippen molar-refractivity contribution >= 4 is 5.91 Å². The lowest BCUT2D eigenvalue weighted by Crippen LogP contribution is -2.54. The molecule has 128 valence electrons. The SMILES string of the molecule is COCCCC1(CO)CCCN(C(=O)C2(C)CCNCC2)C1. The first-order chi connectivity index (χ1) is 10.6. The van der Waals surface area contributed by atoms with Crippen molar-refractivity contribution in [1.29, 1.82) is 0 Å². The molecule has 2 aliphatic heterocycles. The summed E-state index contributed by atoms with van der Waals surface area (Å²) in [5, 5.41) is 13.3. The zero-order chi connectivity index (χ0) is 16.1. The van der Waals surface area contributed by atoms with E-state index in [2.05, 4.69) is 12.2 Å². The van der Waals surface area contributed by atoms with Gasteiger partial charge in [0.15, 0.2) is 0 Å². The molecule has 2 N–H and O–H groups in total. The maximum Gasteiger partial charge on any atom is 0.228 e. The van der Waals surface area contributed by atoms with Crippen LogP contribution in [-0.4, -0.2) is 62.4 Å². The van der Waals surface area contributed by atoms with Gasteiger partial charge in [0.2, 0.25) is 5.91 Å². The van der Waals surface area contributed by atoms with Crippen LogP contribution in [0.25, 0.3) is 0 Å². The highest BCUT2D eigenvalue weighted by molar-refractivity contribution is 5.82. The number of hydrogen-bond acceptors (Lipinski definition) is 4. The molecule has 0 radical (unpaired) electrons. The predicted molar refractivity (Wildman–Crippen MR) is 86.7 cm³/mol. The van der Waals surface area contributed by atoms with Crippen LogP contribution in [0.5, 0.6) is 0 Å². The maximum absolute atomic E-state index is 13.0. The third kappa shape index (κ3) is 4.00. The molecular weight excluding hydrogens is 280 g/mol. The number of nitrogens with one attached hydrogen (secondary N) is 1. The van der Waals surface area contributed by atoms with E-state index in [-0.39, 0.29) is 17.4 Å². The topological polar surface area (TPSA) is 61.8 Å². The third-order valence-electron chi connectivity index (χ3n) is 5.56. The summed E-state index contributed by atoms with van der Waals surface area (Å²) in [6.07, 6.45) is 5.71. The van der Waals surface area contributed by atoms with E-state index in [1.54, 1.807) is 7.11 Å². The number of hydrogen-bond donors (Lipinski definition) is 2. The first-order valence-corrected chi connectivity index (χ1v) is 8.65. The quantitative estimate of drug-likeness (QED) is 0.728. The average molecular weight is 312 g/mol. The van der Waals surface area contributed by atoms with Gasteiger partial charge in [-0.05, 0) is 51.6 Å².